The first-order chi connectivity index (χ1) is 21.0. The third-order valence-electron chi connectivity index (χ3n) is 9.30. The molecule has 3 aliphatic rings. The molecule has 1 aliphatic heterocycles. The molecule has 0 radical (unpaired) electrons. The lowest BCUT2D eigenvalue weighted by molar-refractivity contribution is -0.131. The maximum atomic E-state index is 13.3. The number of tetrazole rings is 1. The highest BCUT2D eigenvalue weighted by Gasteiger charge is 2.54. The van der Waals surface area contributed by atoms with Gasteiger partial charge >= 0.3 is 0 Å². The fourth-order valence-electron chi connectivity index (χ4n) is 7.16. The van der Waals surface area contributed by atoms with Gasteiger partial charge in [0.2, 0.25) is 5.91 Å². The van der Waals surface area contributed by atoms with E-state index in [1.54, 1.807) is 42.9 Å². The minimum absolute atomic E-state index is 0.0647. The molecule has 2 aromatic carbocycles. The van der Waals surface area contributed by atoms with Gasteiger partial charge in [0.15, 0.2) is 5.82 Å². The van der Waals surface area contributed by atoms with E-state index in [0.29, 0.717) is 35.7 Å². The van der Waals surface area contributed by atoms with Gasteiger partial charge in [-0.15, -0.1) is 10.2 Å². The molecule has 44 heavy (non-hydrogen) atoms. The molecular weight excluding hydrogens is 558 g/mol. The third-order valence-corrected chi connectivity index (χ3v) is 9.30. The number of nitriles is 1. The molecule has 0 bridgehead atoms. The van der Waals surface area contributed by atoms with Crippen molar-refractivity contribution in [2.75, 3.05) is 34.7 Å². The summed E-state index contributed by atoms with van der Waals surface area (Å²) >= 11 is 0. The molecular formula is C32H37N9O3. The van der Waals surface area contributed by atoms with Crippen molar-refractivity contribution in [3.63, 3.8) is 0 Å². The zero-order valence-corrected chi connectivity index (χ0v) is 25.7. The van der Waals surface area contributed by atoms with Crippen LogP contribution in [0.2, 0.25) is 0 Å². The molecule has 4 atom stereocenters. The van der Waals surface area contributed by atoms with Crippen molar-refractivity contribution in [2.24, 2.45) is 5.92 Å². The Bertz CT molecular complexity index is 1590. The number of piperidine rings is 1. The fourth-order valence-corrected chi connectivity index (χ4v) is 7.16. The molecule has 3 aromatic rings. The van der Waals surface area contributed by atoms with Gasteiger partial charge in [-0.2, -0.15) is 10.5 Å². The van der Waals surface area contributed by atoms with Gasteiger partial charge in [0.05, 0.1) is 18.0 Å². The Morgan fingerprint density at radius 2 is 1.66 bits per heavy atom. The van der Waals surface area contributed by atoms with Gasteiger partial charge in [-0.25, -0.2) is 0 Å². The summed E-state index contributed by atoms with van der Waals surface area (Å²) in [4.78, 5) is 44.0. The van der Waals surface area contributed by atoms with E-state index in [4.69, 9.17) is 0 Å². The van der Waals surface area contributed by atoms with Crippen LogP contribution in [-0.4, -0.2) is 106 Å². The molecule has 2 fully saturated rings. The first kappa shape index (κ1) is 29.4. The number of rotatable bonds is 8. The summed E-state index contributed by atoms with van der Waals surface area (Å²) in [5, 5.41) is 28.5. The van der Waals surface area contributed by atoms with E-state index in [0.717, 1.165) is 35.1 Å². The maximum absolute atomic E-state index is 13.3. The van der Waals surface area contributed by atoms with E-state index in [-0.39, 0.29) is 42.4 Å². The normalized spacial score (nSPS) is 21.4. The summed E-state index contributed by atoms with van der Waals surface area (Å²) in [5.41, 5.74) is 3.98. The first-order valence-electron chi connectivity index (χ1n) is 14.9. The highest BCUT2D eigenvalue weighted by atomic mass is 16.2. The van der Waals surface area contributed by atoms with E-state index >= 15 is 0 Å². The Balaban J connectivity index is 1.40. The van der Waals surface area contributed by atoms with Gasteiger partial charge in [-0.3, -0.25) is 14.4 Å². The van der Waals surface area contributed by atoms with Crippen molar-refractivity contribution in [2.45, 2.75) is 56.1 Å². The summed E-state index contributed by atoms with van der Waals surface area (Å²) < 4.78 is 0. The Hall–Kier alpha value is -4.63. The number of nitrogens with zero attached hydrogens (tertiary/aromatic N) is 7. The molecule has 2 heterocycles. The molecule has 1 aromatic heterocycles. The summed E-state index contributed by atoms with van der Waals surface area (Å²) in [5.74, 6) is 0.632. The van der Waals surface area contributed by atoms with Crippen molar-refractivity contribution in [1.29, 1.82) is 5.26 Å². The molecule has 2 aliphatic carbocycles. The van der Waals surface area contributed by atoms with Crippen molar-refractivity contribution in [1.82, 2.24) is 40.6 Å². The van der Waals surface area contributed by atoms with Crippen molar-refractivity contribution in [3.05, 3.63) is 75.6 Å². The number of likely N-dealkylation sites (tertiary alicyclic amines) is 1. The van der Waals surface area contributed by atoms with Gasteiger partial charge in [0.25, 0.3) is 11.8 Å². The van der Waals surface area contributed by atoms with Crippen LogP contribution in [0.5, 0.6) is 0 Å². The SMILES string of the molecule is C[C@@H](CC1(c2nn[nH]n2)c2ccc(C(=O)N(C)C)cc2Cc2cc(C(=O)N(C)C)ccc21)NCC(=O)N1[C@H](C#N)C[C@@H]2C[C@@H]21. The quantitative estimate of drug-likeness (QED) is 0.400. The molecule has 3 amide bonds. The molecule has 0 spiro atoms. The molecule has 2 N–H and O–H groups in total. The highest BCUT2D eigenvalue weighted by molar-refractivity contribution is 5.95. The van der Waals surface area contributed by atoms with Gasteiger partial charge in [0.1, 0.15) is 6.04 Å². The van der Waals surface area contributed by atoms with Crippen LogP contribution in [0.1, 0.15) is 75.0 Å². The summed E-state index contributed by atoms with van der Waals surface area (Å²) in [7, 11) is 6.88. The Morgan fingerprint density at radius 1 is 1.05 bits per heavy atom. The average molecular weight is 596 g/mol. The number of fused-ring (bicyclic) bond motifs is 3. The standard InChI is InChI=1S/C32H37N9O3/c1-18(34-17-28(42)41-24(16-33)13-23-14-27(23)41)15-32(31-35-37-38-36-31)25-8-6-19(29(43)39(2)3)10-21(25)12-22-11-20(7-9-26(22)32)30(44)40(4)5/h6-11,18,23-24,27,34H,12-15,17H2,1-5H3,(H,35,36,37,38)/t18-,23+,24-,27-/m0/s1. The second kappa shape index (κ2) is 11.1. The number of hydrogen-bond donors (Lipinski definition) is 2. The van der Waals surface area contributed by atoms with Crippen LogP contribution < -0.4 is 5.32 Å². The average Bonchev–Trinajstić information content (AvgIpc) is 3.38. The van der Waals surface area contributed by atoms with E-state index in [1.807, 2.05) is 43.3 Å². The largest absolute Gasteiger partial charge is 0.345 e. The lowest BCUT2D eigenvalue weighted by atomic mass is 9.62. The van der Waals surface area contributed by atoms with Crippen LogP contribution in [-0.2, 0) is 16.6 Å². The number of carbonyl (C=O) groups is 3. The fraction of sp³-hybridized carbons (Fsp3) is 0.469. The molecule has 12 heteroatoms. The zero-order valence-electron chi connectivity index (χ0n) is 25.7. The van der Waals surface area contributed by atoms with E-state index < -0.39 is 5.41 Å². The molecule has 228 valence electrons. The van der Waals surface area contributed by atoms with E-state index in [9.17, 15) is 19.6 Å². The summed E-state index contributed by atoms with van der Waals surface area (Å²) in [6.45, 7) is 2.12. The number of H-pyrrole nitrogens is 1. The van der Waals surface area contributed by atoms with Gasteiger partial charge in [-0.1, -0.05) is 17.3 Å². The number of hydrogen-bond acceptors (Lipinski definition) is 8. The Morgan fingerprint density at radius 3 is 2.18 bits per heavy atom. The Kier molecular flexibility index (Phi) is 7.45. The predicted molar refractivity (Wildman–Crippen MR) is 161 cm³/mol. The van der Waals surface area contributed by atoms with Crippen LogP contribution in [0.3, 0.4) is 0 Å². The topological polar surface area (TPSA) is 151 Å². The second-order valence-electron chi connectivity index (χ2n) is 12.7. The van der Waals surface area contributed by atoms with Crippen molar-refractivity contribution in [3.8, 4) is 6.07 Å². The molecule has 12 nitrogen and oxygen atoms in total. The van der Waals surface area contributed by atoms with Gasteiger partial charge in [-0.05, 0) is 85.0 Å². The van der Waals surface area contributed by atoms with Crippen LogP contribution in [0, 0.1) is 17.2 Å². The number of carbonyl (C=O) groups excluding carboxylic acids is 3. The molecule has 6 rings (SSSR count). The lowest BCUT2D eigenvalue weighted by Gasteiger charge is -2.41. The zero-order chi connectivity index (χ0) is 31.3. The highest BCUT2D eigenvalue weighted by Crippen LogP contribution is 2.49. The minimum Gasteiger partial charge on any atom is -0.345 e. The van der Waals surface area contributed by atoms with Crippen molar-refractivity contribution >= 4 is 17.7 Å². The molecule has 1 saturated heterocycles. The number of amides is 3. The maximum Gasteiger partial charge on any atom is 0.253 e. The van der Waals surface area contributed by atoms with E-state index in [2.05, 4.69) is 32.0 Å². The number of aromatic nitrogens is 4. The molecule has 0 unspecified atom stereocenters. The van der Waals surface area contributed by atoms with Crippen LogP contribution in [0.4, 0.5) is 0 Å². The van der Waals surface area contributed by atoms with E-state index in [1.165, 1.54) is 0 Å². The van der Waals surface area contributed by atoms with Crippen LogP contribution >= 0.6 is 0 Å². The first-order valence-corrected chi connectivity index (χ1v) is 14.9. The van der Waals surface area contributed by atoms with Crippen molar-refractivity contribution < 1.29 is 14.4 Å². The summed E-state index contributed by atoms with van der Waals surface area (Å²) in [6, 6.07) is 13.3. The van der Waals surface area contributed by atoms with Crippen LogP contribution in [0.15, 0.2) is 36.4 Å². The lowest BCUT2D eigenvalue weighted by Crippen LogP contribution is -2.47. The number of nitrogens with one attached hydrogen (secondary N) is 2. The van der Waals surface area contributed by atoms with Crippen LogP contribution in [0.25, 0.3) is 0 Å². The Labute approximate surface area is 256 Å². The summed E-state index contributed by atoms with van der Waals surface area (Å²) in [6.07, 6.45) is 2.72. The number of benzene rings is 2. The minimum atomic E-state index is -0.894. The third kappa shape index (κ3) is 4.91. The molecule has 1 saturated carbocycles. The predicted octanol–water partition coefficient (Wildman–Crippen LogP) is 1.72. The van der Waals surface area contributed by atoms with Gasteiger partial charge in [0, 0.05) is 51.4 Å². The smallest absolute Gasteiger partial charge is 0.253 e. The number of aromatic amines is 1. The second-order valence-corrected chi connectivity index (χ2v) is 12.7. The van der Waals surface area contributed by atoms with Gasteiger partial charge < -0.3 is 20.0 Å². The monoisotopic (exact) mass is 595 g/mol.